The minimum absolute atomic E-state index is 0.103. The van der Waals surface area contributed by atoms with Gasteiger partial charge in [0.25, 0.3) is 0 Å². The number of hydrogen-bond acceptors (Lipinski definition) is 15. The van der Waals surface area contributed by atoms with Crippen LogP contribution < -0.4 is 0 Å². The molecule has 0 spiro atoms. The SMILES string of the molecule is CCCCCCCCCCCCCCCCCCCCCCCC(=O)O[C@H](COC(=O)CCCCCCCCC)COP(=O)(O)OC[C@@H](O)COP(=O)(O)OC[C@@H](COC(=O)CCCCCCC)OC(=O)CCCCCCCCC. The topological polar surface area (TPSA) is 237 Å². The van der Waals surface area contributed by atoms with Gasteiger partial charge in [-0.1, -0.05) is 259 Å². The highest BCUT2D eigenvalue weighted by Crippen LogP contribution is 2.45. The summed E-state index contributed by atoms with van der Waals surface area (Å²) < 4.78 is 67.4. The molecule has 2 unspecified atom stereocenters. The Hall–Kier alpha value is -1.94. The van der Waals surface area contributed by atoms with Gasteiger partial charge in [-0.05, 0) is 25.7 Å². The number of phosphoric acid groups is 2. The van der Waals surface area contributed by atoms with Crippen molar-refractivity contribution in [3.05, 3.63) is 0 Å². The molecule has 0 aromatic carbocycles. The second-order valence-electron chi connectivity index (χ2n) is 22.1. The molecule has 0 fully saturated rings. The number of esters is 4. The summed E-state index contributed by atoms with van der Waals surface area (Å²) in [6.45, 7) is 4.69. The van der Waals surface area contributed by atoms with E-state index in [2.05, 4.69) is 27.7 Å². The molecule has 0 saturated carbocycles. The molecular formula is C61H118O17P2. The number of carbonyl (C=O) groups is 4. The standard InChI is InChI=1S/C61H118O17P2/c1-5-9-13-17-20-21-22-23-24-25-26-27-28-29-30-31-32-33-36-40-44-48-61(66)78-57(52-72-59(64)46-42-38-34-18-14-10-6-2)54-76-80(69,70)74-50-55(62)49-73-79(67,68)75-53-56(51-71-58(63)45-41-37-16-12-8-4)77-60(65)47-43-39-35-19-15-11-7-3/h55-57,62H,5-54H2,1-4H3,(H,67,68)(H,69,70)/t55-,56+,57+/m0/s1. The molecule has 0 radical (unpaired) electrons. The molecule has 0 rings (SSSR count). The Morgan fingerprint density at radius 1 is 0.300 bits per heavy atom. The summed E-state index contributed by atoms with van der Waals surface area (Å²) in [6.07, 6.45) is 41.2. The zero-order valence-corrected chi connectivity index (χ0v) is 52.8. The number of aliphatic hydroxyl groups excluding tert-OH is 1. The first-order valence-electron chi connectivity index (χ1n) is 32.3. The number of hydrogen-bond donors (Lipinski definition) is 3. The summed E-state index contributed by atoms with van der Waals surface area (Å²) >= 11 is 0. The van der Waals surface area contributed by atoms with Crippen LogP contribution in [0.15, 0.2) is 0 Å². The van der Waals surface area contributed by atoms with Gasteiger partial charge in [0.2, 0.25) is 0 Å². The molecule has 0 heterocycles. The molecule has 0 aliphatic carbocycles. The molecule has 0 saturated heterocycles. The van der Waals surface area contributed by atoms with E-state index in [1.54, 1.807) is 0 Å². The second kappa shape index (κ2) is 56.2. The fourth-order valence-corrected chi connectivity index (χ4v) is 10.7. The summed E-state index contributed by atoms with van der Waals surface area (Å²) in [5, 5.41) is 10.5. The van der Waals surface area contributed by atoms with Crippen LogP contribution in [-0.2, 0) is 65.4 Å². The Labute approximate surface area is 486 Å². The zero-order chi connectivity index (χ0) is 59.1. The van der Waals surface area contributed by atoms with E-state index < -0.39 is 97.5 Å². The highest BCUT2D eigenvalue weighted by Gasteiger charge is 2.30. The van der Waals surface area contributed by atoms with E-state index in [4.69, 9.17) is 37.0 Å². The molecule has 3 N–H and O–H groups in total. The molecule has 0 aromatic rings. The van der Waals surface area contributed by atoms with Gasteiger partial charge < -0.3 is 33.8 Å². The van der Waals surface area contributed by atoms with Crippen molar-refractivity contribution in [3.8, 4) is 0 Å². The Kier molecular flexibility index (Phi) is 54.8. The second-order valence-corrected chi connectivity index (χ2v) is 25.0. The van der Waals surface area contributed by atoms with Crippen molar-refractivity contribution in [3.63, 3.8) is 0 Å². The summed E-state index contributed by atoms with van der Waals surface area (Å²) in [6, 6.07) is 0. The molecular weight excluding hydrogens is 1070 g/mol. The van der Waals surface area contributed by atoms with Crippen molar-refractivity contribution < 1.29 is 80.2 Å². The Morgan fingerprint density at radius 2 is 0.500 bits per heavy atom. The Bertz CT molecular complexity index is 1550. The van der Waals surface area contributed by atoms with Gasteiger partial charge in [0.1, 0.15) is 19.3 Å². The van der Waals surface area contributed by atoms with Crippen molar-refractivity contribution in [1.82, 2.24) is 0 Å². The number of ether oxygens (including phenoxy) is 4. The summed E-state index contributed by atoms with van der Waals surface area (Å²) in [5.74, 6) is -2.16. The van der Waals surface area contributed by atoms with Crippen molar-refractivity contribution >= 4 is 39.5 Å². The largest absolute Gasteiger partial charge is 0.472 e. The van der Waals surface area contributed by atoms with Gasteiger partial charge in [-0.2, -0.15) is 0 Å². The normalized spacial score (nSPS) is 14.2. The van der Waals surface area contributed by atoms with E-state index in [1.807, 2.05) is 0 Å². The Balaban J connectivity index is 4.97. The van der Waals surface area contributed by atoms with Crippen molar-refractivity contribution in [2.75, 3.05) is 39.6 Å². The summed E-state index contributed by atoms with van der Waals surface area (Å²) in [5.41, 5.74) is 0. The van der Waals surface area contributed by atoms with E-state index in [9.17, 15) is 43.2 Å². The molecule has 0 bridgehead atoms. The number of aliphatic hydroxyl groups is 1. The molecule has 0 aliphatic rings. The molecule has 80 heavy (non-hydrogen) atoms. The predicted molar refractivity (Wildman–Crippen MR) is 317 cm³/mol. The maximum Gasteiger partial charge on any atom is 0.472 e. The average molecular weight is 1190 g/mol. The molecule has 19 heteroatoms. The summed E-state index contributed by atoms with van der Waals surface area (Å²) in [7, 11) is -9.86. The van der Waals surface area contributed by atoms with Gasteiger partial charge in [-0.15, -0.1) is 0 Å². The third kappa shape index (κ3) is 55.3. The minimum Gasteiger partial charge on any atom is -0.462 e. The third-order valence-corrected chi connectivity index (χ3v) is 16.0. The van der Waals surface area contributed by atoms with Crippen molar-refractivity contribution in [2.24, 2.45) is 0 Å². The van der Waals surface area contributed by atoms with Crippen LogP contribution in [0.3, 0.4) is 0 Å². The molecule has 17 nitrogen and oxygen atoms in total. The zero-order valence-electron chi connectivity index (χ0n) is 51.0. The number of unbranched alkanes of at least 4 members (excludes halogenated alkanes) is 36. The van der Waals surface area contributed by atoms with Gasteiger partial charge in [0.15, 0.2) is 12.2 Å². The molecule has 0 amide bonds. The van der Waals surface area contributed by atoms with Gasteiger partial charge in [0, 0.05) is 25.7 Å². The van der Waals surface area contributed by atoms with Crippen LogP contribution in [0.25, 0.3) is 0 Å². The summed E-state index contributed by atoms with van der Waals surface area (Å²) in [4.78, 5) is 71.5. The lowest BCUT2D eigenvalue weighted by Crippen LogP contribution is -2.30. The van der Waals surface area contributed by atoms with E-state index in [0.29, 0.717) is 25.7 Å². The first-order valence-corrected chi connectivity index (χ1v) is 35.3. The third-order valence-electron chi connectivity index (χ3n) is 14.1. The first-order chi connectivity index (χ1) is 38.7. The van der Waals surface area contributed by atoms with Crippen LogP contribution in [0.2, 0.25) is 0 Å². The monoisotopic (exact) mass is 1180 g/mol. The average Bonchev–Trinajstić information content (AvgIpc) is 3.43. The lowest BCUT2D eigenvalue weighted by molar-refractivity contribution is -0.161. The quantitative estimate of drug-likeness (QED) is 0.0222. The van der Waals surface area contributed by atoms with Crippen LogP contribution >= 0.6 is 15.6 Å². The van der Waals surface area contributed by atoms with Crippen LogP contribution in [0.4, 0.5) is 0 Å². The minimum atomic E-state index is -4.93. The van der Waals surface area contributed by atoms with Gasteiger partial charge in [-0.3, -0.25) is 37.3 Å². The fraction of sp³-hybridized carbons (Fsp3) is 0.934. The first kappa shape index (κ1) is 78.1. The lowest BCUT2D eigenvalue weighted by Gasteiger charge is -2.21. The van der Waals surface area contributed by atoms with E-state index in [0.717, 1.165) is 122 Å². The molecule has 0 aromatic heterocycles. The lowest BCUT2D eigenvalue weighted by atomic mass is 10.0. The van der Waals surface area contributed by atoms with E-state index >= 15 is 0 Å². The van der Waals surface area contributed by atoms with Crippen LogP contribution in [0.5, 0.6) is 0 Å². The molecule has 474 valence electrons. The van der Waals surface area contributed by atoms with Crippen LogP contribution in [0, 0.1) is 0 Å². The van der Waals surface area contributed by atoms with E-state index in [-0.39, 0.29) is 25.7 Å². The highest BCUT2D eigenvalue weighted by molar-refractivity contribution is 7.47. The van der Waals surface area contributed by atoms with Crippen LogP contribution in [0.1, 0.15) is 310 Å². The van der Waals surface area contributed by atoms with Gasteiger partial charge in [0.05, 0.1) is 26.4 Å². The maximum absolute atomic E-state index is 12.9. The number of carbonyl (C=O) groups excluding carboxylic acids is 4. The highest BCUT2D eigenvalue weighted by atomic mass is 31.2. The van der Waals surface area contributed by atoms with Crippen molar-refractivity contribution in [1.29, 1.82) is 0 Å². The van der Waals surface area contributed by atoms with Crippen LogP contribution in [-0.4, -0.2) is 96.7 Å². The molecule has 5 atom stereocenters. The van der Waals surface area contributed by atoms with Gasteiger partial charge >= 0.3 is 39.5 Å². The predicted octanol–water partition coefficient (Wildman–Crippen LogP) is 16.8. The smallest absolute Gasteiger partial charge is 0.462 e. The maximum atomic E-state index is 12.9. The number of rotatable bonds is 62. The van der Waals surface area contributed by atoms with E-state index in [1.165, 1.54) is 109 Å². The fourth-order valence-electron chi connectivity index (χ4n) is 9.10. The Morgan fingerprint density at radius 3 is 0.738 bits per heavy atom. The van der Waals surface area contributed by atoms with Crippen molar-refractivity contribution in [2.45, 2.75) is 329 Å². The number of phosphoric ester groups is 2. The molecule has 0 aliphatic heterocycles. The van der Waals surface area contributed by atoms with Gasteiger partial charge in [-0.25, -0.2) is 9.13 Å².